The van der Waals surface area contributed by atoms with Crippen LogP contribution in [0.3, 0.4) is 0 Å². The highest BCUT2D eigenvalue weighted by molar-refractivity contribution is 5.30. The predicted octanol–water partition coefficient (Wildman–Crippen LogP) is -0.165. The summed E-state index contributed by atoms with van der Waals surface area (Å²) in [5.41, 5.74) is 6.74. The molecule has 0 aliphatic carbocycles. The molecule has 1 saturated heterocycles. The summed E-state index contributed by atoms with van der Waals surface area (Å²) in [5.74, 6) is 0.716. The highest BCUT2D eigenvalue weighted by Crippen LogP contribution is 2.08. The first-order valence-electron chi connectivity index (χ1n) is 4.84. The number of ether oxygens (including phenoxy) is 1. The predicted molar refractivity (Wildman–Crippen MR) is 53.7 cm³/mol. The van der Waals surface area contributed by atoms with E-state index >= 15 is 0 Å². The number of hydrogen-bond donors (Lipinski definition) is 1. The summed E-state index contributed by atoms with van der Waals surface area (Å²) in [7, 11) is 1.86. The number of hydrogen-bond acceptors (Lipinski definition) is 4. The quantitative estimate of drug-likeness (QED) is 0.713. The van der Waals surface area contributed by atoms with Gasteiger partial charge in [0.2, 0.25) is 0 Å². The number of anilines is 1. The fourth-order valence-corrected chi connectivity index (χ4v) is 1.61. The van der Waals surface area contributed by atoms with Gasteiger partial charge < -0.3 is 10.5 Å². The minimum absolute atomic E-state index is 0.716. The van der Waals surface area contributed by atoms with Gasteiger partial charge in [-0.25, -0.2) is 0 Å². The number of nitrogen functional groups attached to an aromatic ring is 1. The average molecular weight is 196 g/mol. The summed E-state index contributed by atoms with van der Waals surface area (Å²) in [6.45, 7) is 4.48. The minimum atomic E-state index is 0.716. The zero-order chi connectivity index (χ0) is 9.97. The van der Waals surface area contributed by atoms with Gasteiger partial charge in [0.05, 0.1) is 18.9 Å². The van der Waals surface area contributed by atoms with Gasteiger partial charge >= 0.3 is 0 Å². The number of morpholine rings is 1. The Bertz CT molecular complexity index is 284. The van der Waals surface area contributed by atoms with Crippen LogP contribution >= 0.6 is 0 Å². The third-order valence-corrected chi connectivity index (χ3v) is 2.46. The van der Waals surface area contributed by atoms with Gasteiger partial charge in [0.15, 0.2) is 0 Å². The molecular formula is C9H16N4O. The zero-order valence-corrected chi connectivity index (χ0v) is 8.44. The van der Waals surface area contributed by atoms with Crippen LogP contribution in [0.4, 0.5) is 5.82 Å². The summed E-state index contributed by atoms with van der Waals surface area (Å²) in [4.78, 5) is 2.32. The van der Waals surface area contributed by atoms with Gasteiger partial charge in [0.25, 0.3) is 0 Å². The van der Waals surface area contributed by atoms with Gasteiger partial charge in [-0.05, 0) is 0 Å². The van der Waals surface area contributed by atoms with Gasteiger partial charge in [-0.1, -0.05) is 0 Å². The van der Waals surface area contributed by atoms with E-state index in [2.05, 4.69) is 10.00 Å². The summed E-state index contributed by atoms with van der Waals surface area (Å²) in [6.07, 6.45) is 0. The molecule has 1 aromatic heterocycles. The Hall–Kier alpha value is -1.07. The Labute approximate surface area is 83.4 Å². The first-order valence-corrected chi connectivity index (χ1v) is 4.84. The molecule has 0 bridgehead atoms. The third-order valence-electron chi connectivity index (χ3n) is 2.46. The summed E-state index contributed by atoms with van der Waals surface area (Å²) < 4.78 is 6.98. The Morgan fingerprint density at radius 2 is 2.21 bits per heavy atom. The molecule has 0 atom stereocenters. The van der Waals surface area contributed by atoms with E-state index in [1.165, 1.54) is 0 Å². The van der Waals surface area contributed by atoms with Crippen LogP contribution in [0.15, 0.2) is 6.07 Å². The second-order valence-corrected chi connectivity index (χ2v) is 3.57. The van der Waals surface area contributed by atoms with Crippen molar-refractivity contribution in [3.05, 3.63) is 11.8 Å². The number of aryl methyl sites for hydroxylation is 1. The lowest BCUT2D eigenvalue weighted by Gasteiger charge is -2.25. The van der Waals surface area contributed by atoms with Crippen molar-refractivity contribution in [2.75, 3.05) is 32.0 Å². The van der Waals surface area contributed by atoms with Gasteiger partial charge in [0.1, 0.15) is 5.82 Å². The minimum Gasteiger partial charge on any atom is -0.384 e. The number of nitrogens with two attached hydrogens (primary N) is 1. The first kappa shape index (κ1) is 9.48. The largest absolute Gasteiger partial charge is 0.384 e. The van der Waals surface area contributed by atoms with Gasteiger partial charge in [-0.15, -0.1) is 0 Å². The molecule has 1 fully saturated rings. The second-order valence-electron chi connectivity index (χ2n) is 3.57. The van der Waals surface area contributed by atoms with Gasteiger partial charge in [0, 0.05) is 32.7 Å². The summed E-state index contributed by atoms with van der Waals surface area (Å²) in [6, 6.07) is 1.93. The van der Waals surface area contributed by atoms with E-state index in [4.69, 9.17) is 10.5 Å². The third kappa shape index (κ3) is 2.05. The van der Waals surface area contributed by atoms with Crippen molar-refractivity contribution in [1.29, 1.82) is 0 Å². The van der Waals surface area contributed by atoms with Crippen molar-refractivity contribution in [2.45, 2.75) is 6.54 Å². The SMILES string of the molecule is Cn1nc(CN2CCOCC2)cc1N. The molecule has 14 heavy (non-hydrogen) atoms. The zero-order valence-electron chi connectivity index (χ0n) is 8.44. The van der Waals surface area contributed by atoms with Crippen molar-refractivity contribution < 1.29 is 4.74 Å². The van der Waals surface area contributed by atoms with E-state index in [0.717, 1.165) is 38.5 Å². The van der Waals surface area contributed by atoms with Crippen LogP contribution < -0.4 is 5.73 Å². The summed E-state index contributed by atoms with van der Waals surface area (Å²) >= 11 is 0. The highest BCUT2D eigenvalue weighted by atomic mass is 16.5. The molecule has 2 heterocycles. The van der Waals surface area contributed by atoms with Crippen molar-refractivity contribution in [3.8, 4) is 0 Å². The van der Waals surface area contributed by atoms with Crippen LogP contribution in [0.25, 0.3) is 0 Å². The molecule has 78 valence electrons. The molecule has 0 aromatic carbocycles. The van der Waals surface area contributed by atoms with Crippen LogP contribution in [-0.4, -0.2) is 41.0 Å². The topological polar surface area (TPSA) is 56.3 Å². The van der Waals surface area contributed by atoms with E-state index in [0.29, 0.717) is 5.82 Å². The Morgan fingerprint density at radius 1 is 1.50 bits per heavy atom. The van der Waals surface area contributed by atoms with Gasteiger partial charge in [-0.3, -0.25) is 9.58 Å². The second kappa shape index (κ2) is 3.98. The van der Waals surface area contributed by atoms with Crippen molar-refractivity contribution >= 4 is 5.82 Å². The van der Waals surface area contributed by atoms with Crippen LogP contribution in [0, 0.1) is 0 Å². The Balaban J connectivity index is 1.95. The fourth-order valence-electron chi connectivity index (χ4n) is 1.61. The van der Waals surface area contributed by atoms with Gasteiger partial charge in [-0.2, -0.15) is 5.10 Å². The van der Waals surface area contributed by atoms with E-state index in [1.807, 2.05) is 13.1 Å². The van der Waals surface area contributed by atoms with Crippen LogP contribution in [0.5, 0.6) is 0 Å². The highest BCUT2D eigenvalue weighted by Gasteiger charge is 2.12. The van der Waals surface area contributed by atoms with E-state index in [1.54, 1.807) is 4.68 Å². The molecule has 0 unspecified atom stereocenters. The molecule has 0 radical (unpaired) electrons. The lowest BCUT2D eigenvalue weighted by atomic mass is 10.3. The van der Waals surface area contributed by atoms with Crippen molar-refractivity contribution in [2.24, 2.45) is 7.05 Å². The molecule has 1 aromatic rings. The molecule has 0 saturated carbocycles. The maximum Gasteiger partial charge on any atom is 0.121 e. The number of nitrogens with zero attached hydrogens (tertiary/aromatic N) is 3. The Kier molecular flexibility index (Phi) is 2.69. The normalized spacial score (nSPS) is 18.6. The van der Waals surface area contributed by atoms with E-state index < -0.39 is 0 Å². The molecule has 2 N–H and O–H groups in total. The number of rotatable bonds is 2. The molecular weight excluding hydrogens is 180 g/mol. The van der Waals surface area contributed by atoms with Crippen LogP contribution in [0.2, 0.25) is 0 Å². The Morgan fingerprint density at radius 3 is 2.79 bits per heavy atom. The monoisotopic (exact) mass is 196 g/mol. The van der Waals surface area contributed by atoms with Crippen LogP contribution in [0.1, 0.15) is 5.69 Å². The molecule has 0 spiro atoms. The van der Waals surface area contributed by atoms with E-state index in [-0.39, 0.29) is 0 Å². The smallest absolute Gasteiger partial charge is 0.121 e. The van der Waals surface area contributed by atoms with E-state index in [9.17, 15) is 0 Å². The number of aromatic nitrogens is 2. The van der Waals surface area contributed by atoms with Crippen molar-refractivity contribution in [1.82, 2.24) is 14.7 Å². The summed E-state index contributed by atoms with van der Waals surface area (Å²) in [5, 5.41) is 4.31. The first-order chi connectivity index (χ1) is 6.75. The molecule has 1 aliphatic heterocycles. The standard InChI is InChI=1S/C9H16N4O/c1-12-9(10)6-8(11-12)7-13-2-4-14-5-3-13/h6H,2-5,7,10H2,1H3. The average Bonchev–Trinajstić information content (AvgIpc) is 2.47. The molecule has 5 nitrogen and oxygen atoms in total. The maximum atomic E-state index is 5.70. The molecule has 2 rings (SSSR count). The molecule has 0 amide bonds. The lowest BCUT2D eigenvalue weighted by Crippen LogP contribution is -2.35. The molecule has 1 aliphatic rings. The van der Waals surface area contributed by atoms with Crippen LogP contribution in [-0.2, 0) is 18.3 Å². The molecule has 5 heteroatoms. The fraction of sp³-hybridized carbons (Fsp3) is 0.667. The maximum absolute atomic E-state index is 5.70. The lowest BCUT2D eigenvalue weighted by molar-refractivity contribution is 0.0336. The van der Waals surface area contributed by atoms with Crippen molar-refractivity contribution in [3.63, 3.8) is 0 Å².